The second-order valence-corrected chi connectivity index (χ2v) is 5.01. The Morgan fingerprint density at radius 1 is 1.09 bits per heavy atom. The van der Waals surface area contributed by atoms with Crippen LogP contribution in [0.25, 0.3) is 0 Å². The summed E-state index contributed by atoms with van der Waals surface area (Å²) in [6.45, 7) is 2.77. The second-order valence-electron chi connectivity index (χ2n) is 5.01. The zero-order chi connectivity index (χ0) is 15.1. The fourth-order valence-electron chi connectivity index (χ4n) is 1.98. The number of para-hydroxylation sites is 2. The molecule has 118 valence electrons. The number of hydrogen-bond acceptors (Lipinski definition) is 2. The SMILES string of the molecule is CC(CN=C(N)Nc1ccccc1)N(C)c1ccccc1.I. The maximum absolute atomic E-state index is 5.91. The van der Waals surface area contributed by atoms with Crippen molar-refractivity contribution in [1.29, 1.82) is 0 Å². The lowest BCUT2D eigenvalue weighted by molar-refractivity contribution is 0.696. The molecule has 1 atom stereocenters. The van der Waals surface area contributed by atoms with Crippen LogP contribution in [0.15, 0.2) is 65.7 Å². The van der Waals surface area contributed by atoms with Crippen molar-refractivity contribution in [3.05, 3.63) is 60.7 Å². The predicted molar refractivity (Wildman–Crippen MR) is 106 cm³/mol. The van der Waals surface area contributed by atoms with E-state index in [1.54, 1.807) is 0 Å². The molecule has 2 aromatic carbocycles. The summed E-state index contributed by atoms with van der Waals surface area (Å²) in [5.41, 5.74) is 8.04. The fraction of sp³-hybridized carbons (Fsp3) is 0.235. The van der Waals surface area contributed by atoms with E-state index in [2.05, 4.69) is 41.3 Å². The van der Waals surface area contributed by atoms with Gasteiger partial charge in [0, 0.05) is 24.5 Å². The van der Waals surface area contributed by atoms with Gasteiger partial charge in [0.1, 0.15) is 0 Å². The third-order valence-electron chi connectivity index (χ3n) is 3.40. The van der Waals surface area contributed by atoms with Crippen molar-refractivity contribution in [1.82, 2.24) is 0 Å². The molecule has 0 aliphatic heterocycles. The van der Waals surface area contributed by atoms with Gasteiger partial charge >= 0.3 is 0 Å². The molecule has 0 radical (unpaired) electrons. The Labute approximate surface area is 149 Å². The van der Waals surface area contributed by atoms with Gasteiger partial charge < -0.3 is 16.0 Å². The van der Waals surface area contributed by atoms with Crippen molar-refractivity contribution in [2.45, 2.75) is 13.0 Å². The number of likely N-dealkylation sites (N-methyl/N-ethyl adjacent to an activating group) is 1. The Hall–Kier alpha value is -1.76. The smallest absolute Gasteiger partial charge is 0.193 e. The van der Waals surface area contributed by atoms with Crippen LogP contribution in [0.3, 0.4) is 0 Å². The van der Waals surface area contributed by atoms with Gasteiger partial charge in [0.2, 0.25) is 0 Å². The highest BCUT2D eigenvalue weighted by atomic mass is 127. The van der Waals surface area contributed by atoms with Crippen LogP contribution in [-0.2, 0) is 0 Å². The number of nitrogens with two attached hydrogens (primary N) is 1. The summed E-state index contributed by atoms with van der Waals surface area (Å²) in [5.74, 6) is 0.439. The van der Waals surface area contributed by atoms with Gasteiger partial charge in [0.05, 0.1) is 6.54 Å². The van der Waals surface area contributed by atoms with E-state index < -0.39 is 0 Å². The van der Waals surface area contributed by atoms with E-state index >= 15 is 0 Å². The number of guanidine groups is 1. The highest BCUT2D eigenvalue weighted by molar-refractivity contribution is 14.0. The molecule has 1 unspecified atom stereocenters. The summed E-state index contributed by atoms with van der Waals surface area (Å²) in [7, 11) is 2.07. The molecule has 0 heterocycles. The van der Waals surface area contributed by atoms with E-state index in [9.17, 15) is 0 Å². The molecule has 22 heavy (non-hydrogen) atoms. The first-order valence-electron chi connectivity index (χ1n) is 7.06. The van der Waals surface area contributed by atoms with E-state index in [-0.39, 0.29) is 30.0 Å². The molecule has 0 spiro atoms. The number of nitrogens with one attached hydrogen (secondary N) is 1. The minimum atomic E-state index is 0. The van der Waals surface area contributed by atoms with Crippen molar-refractivity contribution in [2.24, 2.45) is 10.7 Å². The lowest BCUT2D eigenvalue weighted by Crippen LogP contribution is -2.33. The van der Waals surface area contributed by atoms with Crippen LogP contribution >= 0.6 is 24.0 Å². The summed E-state index contributed by atoms with van der Waals surface area (Å²) in [6.07, 6.45) is 0. The van der Waals surface area contributed by atoms with Gasteiger partial charge in [0.25, 0.3) is 0 Å². The molecular weight excluding hydrogens is 387 g/mol. The highest BCUT2D eigenvalue weighted by Gasteiger charge is 2.09. The third-order valence-corrected chi connectivity index (χ3v) is 3.40. The maximum Gasteiger partial charge on any atom is 0.193 e. The molecule has 4 nitrogen and oxygen atoms in total. The first-order chi connectivity index (χ1) is 10.2. The van der Waals surface area contributed by atoms with Crippen LogP contribution in [0.5, 0.6) is 0 Å². The Morgan fingerprint density at radius 2 is 1.64 bits per heavy atom. The lowest BCUT2D eigenvalue weighted by atomic mass is 10.2. The summed E-state index contributed by atoms with van der Waals surface area (Å²) in [5, 5.41) is 3.09. The molecule has 3 N–H and O–H groups in total. The largest absolute Gasteiger partial charge is 0.370 e. The van der Waals surface area contributed by atoms with Crippen molar-refractivity contribution < 1.29 is 0 Å². The average molecular weight is 410 g/mol. The van der Waals surface area contributed by atoms with Crippen LogP contribution in [0, 0.1) is 0 Å². The molecular formula is C17H23IN4. The van der Waals surface area contributed by atoms with Crippen LogP contribution in [0.1, 0.15) is 6.92 Å². The summed E-state index contributed by atoms with van der Waals surface area (Å²) >= 11 is 0. The average Bonchev–Trinajstić information content (AvgIpc) is 2.53. The van der Waals surface area contributed by atoms with Crippen LogP contribution in [-0.4, -0.2) is 25.6 Å². The van der Waals surface area contributed by atoms with Crippen LogP contribution in [0.2, 0.25) is 0 Å². The lowest BCUT2D eigenvalue weighted by Gasteiger charge is -2.25. The topological polar surface area (TPSA) is 53.6 Å². The van der Waals surface area contributed by atoms with Crippen LogP contribution < -0.4 is 16.0 Å². The minimum Gasteiger partial charge on any atom is -0.370 e. The summed E-state index contributed by atoms with van der Waals surface area (Å²) < 4.78 is 0. The molecule has 0 amide bonds. The third kappa shape index (κ3) is 5.55. The monoisotopic (exact) mass is 410 g/mol. The van der Waals surface area contributed by atoms with Gasteiger partial charge in [-0.2, -0.15) is 0 Å². The molecule has 0 saturated heterocycles. The quantitative estimate of drug-likeness (QED) is 0.450. The maximum atomic E-state index is 5.91. The normalized spacial score (nSPS) is 12.2. The second kappa shape index (κ2) is 9.30. The van der Waals surface area contributed by atoms with Crippen molar-refractivity contribution in [3.63, 3.8) is 0 Å². The first-order valence-corrected chi connectivity index (χ1v) is 7.06. The van der Waals surface area contributed by atoms with E-state index in [1.165, 1.54) is 5.69 Å². The number of halogens is 1. The van der Waals surface area contributed by atoms with Gasteiger partial charge in [-0.3, -0.25) is 4.99 Å². The van der Waals surface area contributed by atoms with Gasteiger partial charge in [-0.1, -0.05) is 36.4 Å². The number of benzene rings is 2. The van der Waals surface area contributed by atoms with Gasteiger partial charge in [-0.05, 0) is 31.2 Å². The van der Waals surface area contributed by atoms with E-state index in [1.807, 2.05) is 48.5 Å². The summed E-state index contributed by atoms with van der Waals surface area (Å²) in [4.78, 5) is 6.60. The van der Waals surface area contributed by atoms with Crippen molar-refractivity contribution in [3.8, 4) is 0 Å². The number of rotatable bonds is 5. The number of anilines is 2. The minimum absolute atomic E-state index is 0. The van der Waals surface area contributed by atoms with Crippen molar-refractivity contribution in [2.75, 3.05) is 23.8 Å². The fourth-order valence-corrected chi connectivity index (χ4v) is 1.98. The van der Waals surface area contributed by atoms with E-state index in [0.29, 0.717) is 12.5 Å². The molecule has 0 aromatic heterocycles. The Morgan fingerprint density at radius 3 is 2.23 bits per heavy atom. The van der Waals surface area contributed by atoms with Gasteiger partial charge in [0.15, 0.2) is 5.96 Å². The van der Waals surface area contributed by atoms with Crippen LogP contribution in [0.4, 0.5) is 11.4 Å². The predicted octanol–water partition coefficient (Wildman–Crippen LogP) is 3.56. The molecule has 0 aliphatic rings. The first kappa shape index (κ1) is 18.3. The molecule has 2 rings (SSSR count). The summed E-state index contributed by atoms with van der Waals surface area (Å²) in [6, 6.07) is 20.3. The molecule has 2 aromatic rings. The molecule has 0 fully saturated rings. The highest BCUT2D eigenvalue weighted by Crippen LogP contribution is 2.14. The zero-order valence-electron chi connectivity index (χ0n) is 12.9. The number of hydrogen-bond donors (Lipinski definition) is 2. The van der Waals surface area contributed by atoms with Gasteiger partial charge in [-0.15, -0.1) is 24.0 Å². The number of aliphatic imine (C=N–C) groups is 1. The zero-order valence-corrected chi connectivity index (χ0v) is 15.3. The Bertz CT molecular complexity index is 572. The molecule has 0 saturated carbocycles. The standard InChI is InChI=1S/C17H22N4.HI/c1-14(21(2)16-11-7-4-8-12-16)13-19-17(18)20-15-9-5-3-6-10-15;/h3-12,14H,13H2,1-2H3,(H3,18,19,20);1H. The Balaban J connectivity index is 0.00000242. The van der Waals surface area contributed by atoms with E-state index in [4.69, 9.17) is 5.73 Å². The van der Waals surface area contributed by atoms with Gasteiger partial charge in [-0.25, -0.2) is 0 Å². The van der Waals surface area contributed by atoms with Crippen molar-refractivity contribution >= 4 is 41.3 Å². The molecule has 0 aliphatic carbocycles. The Kier molecular flexibility index (Phi) is 7.73. The van der Waals surface area contributed by atoms with E-state index in [0.717, 1.165) is 5.69 Å². The molecule has 0 bridgehead atoms. The number of nitrogens with zero attached hydrogens (tertiary/aromatic N) is 2. The molecule has 5 heteroatoms.